The van der Waals surface area contributed by atoms with E-state index in [2.05, 4.69) is 0 Å². The van der Waals surface area contributed by atoms with Crippen molar-refractivity contribution in [1.82, 2.24) is 6.15 Å². The summed E-state index contributed by atoms with van der Waals surface area (Å²) in [6.45, 7) is -0.760. The molecule has 7 nitrogen and oxygen atoms in total. The molecule has 0 aliphatic carbocycles. The molecule has 0 fully saturated rings. The fourth-order valence-electron chi connectivity index (χ4n) is 0.618. The van der Waals surface area contributed by atoms with Crippen molar-refractivity contribution >= 4 is 44.0 Å². The maximum absolute atomic E-state index is 9.90. The van der Waals surface area contributed by atoms with Gasteiger partial charge in [-0.15, -0.1) is 0 Å². The first-order chi connectivity index (χ1) is 5.54. The number of aliphatic hydroxyl groups excluding tert-OH is 5. The first-order valence-corrected chi connectivity index (χ1v) is 3.33. The zero-order valence-electron chi connectivity index (χ0n) is 6.69. The summed E-state index contributed by atoms with van der Waals surface area (Å²) in [5, 5.41) is 43.5. The molecule has 0 saturated heterocycles. The van der Waals surface area contributed by atoms with E-state index in [1.165, 1.54) is 0 Å². The van der Waals surface area contributed by atoms with Crippen LogP contribution in [0.3, 0.4) is 0 Å². The molecule has 0 aliphatic heterocycles. The van der Waals surface area contributed by atoms with E-state index in [9.17, 15) is 4.79 Å². The summed E-state index contributed by atoms with van der Waals surface area (Å²) in [4.78, 5) is 9.90. The number of hydrogen-bond acceptors (Lipinski definition) is 6. The molecule has 0 aromatic rings. The standard InChI is InChI=1S/C6H12O6.Ca.N.2H/c7-1-3(9)5(11)6(12)4(10)2-8;;;;/h1,3-6,8-12H,2H2;;;;/t3-,4+,5+,6+;;;;/m0..../s1. The van der Waals surface area contributed by atoms with Crippen molar-refractivity contribution in [2.75, 3.05) is 6.61 Å². The average Bonchev–Trinajstić information content (AvgIpc) is 2.12. The molecule has 81 valence electrons. The van der Waals surface area contributed by atoms with Gasteiger partial charge in [0.2, 0.25) is 0 Å². The zero-order chi connectivity index (χ0) is 9.72. The van der Waals surface area contributed by atoms with Crippen molar-refractivity contribution in [3.63, 3.8) is 0 Å². The van der Waals surface area contributed by atoms with Crippen LogP contribution in [0, 0.1) is 0 Å². The SMILES string of the molecule is O=C[C@H](O)[C@@H](O)[C@H](O)[C@H](O)CO.[CaH2].[N]. The number of carbonyl (C=O) groups excluding carboxylic acids is 1. The fraction of sp³-hybridized carbons (Fsp3) is 0.833. The number of carbonyl (C=O) groups is 1. The molecule has 4 atom stereocenters. The molecule has 0 saturated carbocycles. The monoisotopic (exact) mass is 236 g/mol. The van der Waals surface area contributed by atoms with Gasteiger partial charge >= 0.3 is 37.7 Å². The summed E-state index contributed by atoms with van der Waals surface area (Å²) < 4.78 is 0. The third kappa shape index (κ3) is 6.23. The van der Waals surface area contributed by atoms with Crippen LogP contribution in [0.4, 0.5) is 0 Å². The van der Waals surface area contributed by atoms with Gasteiger partial charge in [-0.1, -0.05) is 0 Å². The van der Waals surface area contributed by atoms with Gasteiger partial charge in [-0.25, -0.2) is 0 Å². The van der Waals surface area contributed by atoms with Gasteiger partial charge in [-0.05, 0) is 0 Å². The van der Waals surface area contributed by atoms with Crippen LogP contribution in [-0.2, 0) is 4.79 Å². The number of rotatable bonds is 5. The van der Waals surface area contributed by atoms with Gasteiger partial charge in [0.1, 0.15) is 24.4 Å². The van der Waals surface area contributed by atoms with Crippen LogP contribution < -0.4 is 6.15 Å². The quantitative estimate of drug-likeness (QED) is 0.239. The van der Waals surface area contributed by atoms with Crippen LogP contribution in [0.15, 0.2) is 0 Å². The molecule has 14 heavy (non-hydrogen) atoms. The largest absolute Gasteiger partial charge is 0 e. The minimum atomic E-state index is -1.79. The van der Waals surface area contributed by atoms with Gasteiger partial charge in [0.25, 0.3) is 0 Å². The Labute approximate surface area is 111 Å². The number of aldehydes is 1. The summed E-state index contributed by atoms with van der Waals surface area (Å²) in [5.41, 5.74) is 0. The summed E-state index contributed by atoms with van der Waals surface area (Å²) in [6.07, 6.45) is -6.84. The maximum Gasteiger partial charge on any atom is 0 e. The summed E-state index contributed by atoms with van der Waals surface area (Å²) >= 11 is 0. The predicted octanol–water partition coefficient (Wildman–Crippen LogP) is -4.78. The Balaban J connectivity index is -0.000000605. The van der Waals surface area contributed by atoms with E-state index in [0.717, 1.165) is 0 Å². The van der Waals surface area contributed by atoms with Crippen molar-refractivity contribution in [2.24, 2.45) is 0 Å². The van der Waals surface area contributed by atoms with Crippen LogP contribution in [0.2, 0.25) is 0 Å². The van der Waals surface area contributed by atoms with Gasteiger partial charge in [0.15, 0.2) is 6.29 Å². The number of nitrogens with zero attached hydrogens (tertiary/aromatic N) is 1. The maximum atomic E-state index is 9.90. The second-order valence-corrected chi connectivity index (χ2v) is 2.36. The van der Waals surface area contributed by atoms with Gasteiger partial charge in [0.05, 0.1) is 6.61 Å². The van der Waals surface area contributed by atoms with Crippen LogP contribution >= 0.6 is 0 Å². The summed E-state index contributed by atoms with van der Waals surface area (Å²) in [5.74, 6) is 0. The molecule has 0 aromatic carbocycles. The Morgan fingerprint density at radius 2 is 1.50 bits per heavy atom. The molecular weight excluding hydrogens is 222 g/mol. The van der Waals surface area contributed by atoms with Crippen molar-refractivity contribution in [2.45, 2.75) is 24.4 Å². The molecule has 8 heteroatoms. The second-order valence-electron chi connectivity index (χ2n) is 2.36. The van der Waals surface area contributed by atoms with Gasteiger partial charge in [0, 0.05) is 6.15 Å². The van der Waals surface area contributed by atoms with Crippen molar-refractivity contribution in [3.8, 4) is 0 Å². The number of aliphatic hydroxyl groups is 5. The van der Waals surface area contributed by atoms with Gasteiger partial charge in [-0.2, -0.15) is 0 Å². The topological polar surface area (TPSA) is 149 Å². The third-order valence-corrected chi connectivity index (χ3v) is 1.42. The smallest absolute Gasteiger partial charge is 0 e. The fourth-order valence-corrected chi connectivity index (χ4v) is 0.618. The molecule has 3 radical (unpaired) electrons. The third-order valence-electron chi connectivity index (χ3n) is 1.42. The van der Waals surface area contributed by atoms with E-state index in [0.29, 0.717) is 0 Å². The molecule has 0 aliphatic rings. The molecule has 0 spiro atoms. The summed E-state index contributed by atoms with van der Waals surface area (Å²) in [6, 6.07) is 0. The van der Waals surface area contributed by atoms with E-state index in [1.54, 1.807) is 0 Å². The summed E-state index contributed by atoms with van der Waals surface area (Å²) in [7, 11) is 0. The Morgan fingerprint density at radius 1 is 1.07 bits per heavy atom. The zero-order valence-corrected chi connectivity index (χ0v) is 6.69. The van der Waals surface area contributed by atoms with E-state index in [4.69, 9.17) is 25.5 Å². The first-order valence-electron chi connectivity index (χ1n) is 3.33. The van der Waals surface area contributed by atoms with Crippen molar-refractivity contribution in [1.29, 1.82) is 0 Å². The first kappa shape index (κ1) is 20.1. The Bertz CT molecular complexity index is 148. The molecular formula is C6H14CaNO6. The van der Waals surface area contributed by atoms with Gasteiger partial charge in [-0.3, -0.25) is 0 Å². The normalized spacial score (nSPS) is 18.1. The molecule has 0 unspecified atom stereocenters. The molecule has 5 N–H and O–H groups in total. The van der Waals surface area contributed by atoms with E-state index < -0.39 is 31.0 Å². The van der Waals surface area contributed by atoms with Crippen LogP contribution in [0.1, 0.15) is 0 Å². The molecule has 0 aromatic heterocycles. The van der Waals surface area contributed by atoms with Crippen LogP contribution in [0.5, 0.6) is 0 Å². The Kier molecular flexibility index (Phi) is 14.7. The van der Waals surface area contributed by atoms with Crippen LogP contribution in [-0.4, -0.2) is 101 Å². The second kappa shape index (κ2) is 10.2. The molecule has 0 amide bonds. The van der Waals surface area contributed by atoms with E-state index >= 15 is 0 Å². The van der Waals surface area contributed by atoms with Crippen molar-refractivity contribution < 1.29 is 30.3 Å². The van der Waals surface area contributed by atoms with E-state index in [1.807, 2.05) is 0 Å². The Hall–Kier alpha value is 0.690. The van der Waals surface area contributed by atoms with E-state index in [-0.39, 0.29) is 50.2 Å². The van der Waals surface area contributed by atoms with Gasteiger partial charge < -0.3 is 30.3 Å². The molecule has 0 bridgehead atoms. The minimum absolute atomic E-state index is 0. The molecule has 0 heterocycles. The number of hydrogen-bond donors (Lipinski definition) is 5. The average molecular weight is 236 g/mol. The molecule has 0 rings (SSSR count). The van der Waals surface area contributed by atoms with Crippen molar-refractivity contribution in [3.05, 3.63) is 0 Å². The predicted molar refractivity (Wildman–Crippen MR) is 47.9 cm³/mol. The Morgan fingerprint density at radius 3 is 1.79 bits per heavy atom. The minimum Gasteiger partial charge on any atom is 0 e. The van der Waals surface area contributed by atoms with Crippen LogP contribution in [0.25, 0.3) is 0 Å².